The average molecular weight is 454 g/mol. The van der Waals surface area contributed by atoms with Gasteiger partial charge in [-0.1, -0.05) is 31.9 Å². The zero-order chi connectivity index (χ0) is 23.7. The lowest BCUT2D eigenvalue weighted by Crippen LogP contribution is -2.56. The van der Waals surface area contributed by atoms with Crippen LogP contribution in [-0.4, -0.2) is 68.4 Å². The SMILES string of the molecule is CCC(C)C(NC(=O)O[C@@H]1CCC2(CO2)[C@@H]([C@@]2(C)O[C@@H]2CC=C(C)C)[C@@H]1OC)C(=O)OC. The Kier molecular flexibility index (Phi) is 7.57. The number of hydrogen-bond donors (Lipinski definition) is 1. The van der Waals surface area contributed by atoms with Gasteiger partial charge in [0.05, 0.1) is 25.7 Å². The molecule has 2 saturated heterocycles. The maximum atomic E-state index is 12.7. The number of carbonyl (C=O) groups is 2. The molecule has 3 rings (SSSR count). The molecule has 0 bridgehead atoms. The van der Waals surface area contributed by atoms with Crippen molar-refractivity contribution in [1.29, 1.82) is 0 Å². The third kappa shape index (κ3) is 4.97. The second kappa shape index (κ2) is 9.69. The van der Waals surface area contributed by atoms with Gasteiger partial charge in [-0.2, -0.15) is 0 Å². The van der Waals surface area contributed by atoms with Crippen molar-refractivity contribution in [2.24, 2.45) is 11.8 Å². The summed E-state index contributed by atoms with van der Waals surface area (Å²) in [6.45, 7) is 10.8. The molecule has 0 radical (unpaired) electrons. The van der Waals surface area contributed by atoms with Crippen molar-refractivity contribution in [2.45, 2.75) is 95.9 Å². The first-order valence-corrected chi connectivity index (χ1v) is 11.6. The number of ether oxygens (including phenoxy) is 5. The van der Waals surface area contributed by atoms with Crippen molar-refractivity contribution in [1.82, 2.24) is 5.32 Å². The number of alkyl carbamates (subject to hydrolysis) is 1. The van der Waals surface area contributed by atoms with E-state index in [1.54, 1.807) is 7.11 Å². The molecule has 0 aromatic rings. The summed E-state index contributed by atoms with van der Waals surface area (Å²) in [7, 11) is 2.95. The Morgan fingerprint density at radius 3 is 2.50 bits per heavy atom. The van der Waals surface area contributed by atoms with Gasteiger partial charge in [-0.25, -0.2) is 9.59 Å². The number of allylic oxidation sites excluding steroid dienone is 1. The Labute approximate surface area is 191 Å². The number of esters is 1. The largest absolute Gasteiger partial charge is 0.467 e. The number of carbonyl (C=O) groups excluding carboxylic acids is 2. The van der Waals surface area contributed by atoms with Crippen molar-refractivity contribution in [3.05, 3.63) is 11.6 Å². The van der Waals surface area contributed by atoms with Gasteiger partial charge in [-0.15, -0.1) is 0 Å². The standard InChI is InChI=1S/C24H39NO7/c1-8-15(4)18(21(26)29-7)25-22(27)31-16-11-12-24(13-30-24)20(19(16)28-6)23(5)17(32-23)10-9-14(2)3/h9,15-20H,8,10-13H2,1-7H3,(H,25,27)/t15?,16-,17-,18?,19-,20-,23+,24?/m1/s1. The van der Waals surface area contributed by atoms with Crippen LogP contribution in [0.2, 0.25) is 0 Å². The summed E-state index contributed by atoms with van der Waals surface area (Å²) >= 11 is 0. The number of nitrogens with one attached hydrogen (secondary N) is 1. The molecule has 2 aliphatic heterocycles. The highest BCUT2D eigenvalue weighted by molar-refractivity contribution is 5.81. The summed E-state index contributed by atoms with van der Waals surface area (Å²) in [5.74, 6) is -0.606. The van der Waals surface area contributed by atoms with Crippen molar-refractivity contribution < 1.29 is 33.3 Å². The Bertz CT molecular complexity index is 730. The summed E-state index contributed by atoms with van der Waals surface area (Å²) < 4.78 is 28.7. The van der Waals surface area contributed by atoms with Gasteiger partial charge in [-0.05, 0) is 46.0 Å². The highest BCUT2D eigenvalue weighted by Gasteiger charge is 2.72. The molecule has 1 amide bonds. The van der Waals surface area contributed by atoms with Crippen LogP contribution in [0.5, 0.6) is 0 Å². The topological polar surface area (TPSA) is 98.9 Å². The van der Waals surface area contributed by atoms with Crippen LogP contribution in [0.25, 0.3) is 0 Å². The number of amides is 1. The average Bonchev–Trinajstić information content (AvgIpc) is 3.67. The molecular formula is C24H39NO7. The highest BCUT2D eigenvalue weighted by Crippen LogP contribution is 2.59. The Hall–Kier alpha value is -1.64. The Balaban J connectivity index is 1.71. The number of methoxy groups -OCH3 is 2. The zero-order valence-electron chi connectivity index (χ0n) is 20.4. The molecule has 1 aliphatic carbocycles. The van der Waals surface area contributed by atoms with E-state index in [2.05, 4.69) is 32.2 Å². The fourth-order valence-corrected chi connectivity index (χ4v) is 5.16. The van der Waals surface area contributed by atoms with Gasteiger partial charge in [0.15, 0.2) is 0 Å². The number of hydrogen-bond acceptors (Lipinski definition) is 7. The molecule has 182 valence electrons. The fourth-order valence-electron chi connectivity index (χ4n) is 5.16. The van der Waals surface area contributed by atoms with Gasteiger partial charge in [0.2, 0.25) is 0 Å². The lowest BCUT2D eigenvalue weighted by atomic mass is 9.68. The van der Waals surface area contributed by atoms with Crippen LogP contribution >= 0.6 is 0 Å². The van der Waals surface area contributed by atoms with Gasteiger partial charge in [0.25, 0.3) is 0 Å². The summed E-state index contributed by atoms with van der Waals surface area (Å²) in [6, 6.07) is -0.756. The molecule has 8 heteroatoms. The Morgan fingerprint density at radius 1 is 1.28 bits per heavy atom. The van der Waals surface area contributed by atoms with Crippen LogP contribution < -0.4 is 5.32 Å². The van der Waals surface area contributed by atoms with Crippen molar-refractivity contribution in [3.63, 3.8) is 0 Å². The van der Waals surface area contributed by atoms with E-state index < -0.39 is 29.8 Å². The molecule has 8 nitrogen and oxygen atoms in total. The van der Waals surface area contributed by atoms with Crippen molar-refractivity contribution in [2.75, 3.05) is 20.8 Å². The third-order valence-electron chi connectivity index (χ3n) is 7.44. The first-order valence-electron chi connectivity index (χ1n) is 11.6. The van der Waals surface area contributed by atoms with Crippen molar-refractivity contribution >= 4 is 12.1 Å². The lowest BCUT2D eigenvalue weighted by Gasteiger charge is -2.42. The molecular weight excluding hydrogens is 414 g/mol. The second-order valence-electron chi connectivity index (χ2n) is 9.85. The predicted octanol–water partition coefficient (Wildman–Crippen LogP) is 3.38. The third-order valence-corrected chi connectivity index (χ3v) is 7.44. The zero-order valence-corrected chi connectivity index (χ0v) is 20.4. The minimum absolute atomic E-state index is 0.0481. The summed E-state index contributed by atoms with van der Waals surface area (Å²) in [5, 5.41) is 2.70. The summed E-state index contributed by atoms with van der Waals surface area (Å²) in [5.41, 5.74) is 0.579. The molecule has 1 saturated carbocycles. The quantitative estimate of drug-likeness (QED) is 0.325. The smallest absolute Gasteiger partial charge is 0.408 e. The molecule has 0 aromatic carbocycles. The molecule has 3 unspecified atom stereocenters. The molecule has 1 spiro atoms. The second-order valence-corrected chi connectivity index (χ2v) is 9.85. The van der Waals surface area contributed by atoms with Gasteiger partial charge in [0.1, 0.15) is 29.5 Å². The number of rotatable bonds is 9. The predicted molar refractivity (Wildman–Crippen MR) is 118 cm³/mol. The molecule has 2 heterocycles. The van der Waals surface area contributed by atoms with Crippen molar-refractivity contribution in [3.8, 4) is 0 Å². The molecule has 3 fully saturated rings. The van der Waals surface area contributed by atoms with Crippen LogP contribution in [0.15, 0.2) is 11.6 Å². The van der Waals surface area contributed by atoms with Crippen LogP contribution in [0.3, 0.4) is 0 Å². The maximum absolute atomic E-state index is 12.7. The molecule has 3 aliphatic rings. The van der Waals surface area contributed by atoms with E-state index in [4.69, 9.17) is 23.7 Å². The van der Waals surface area contributed by atoms with Gasteiger partial charge in [-0.3, -0.25) is 0 Å². The van der Waals surface area contributed by atoms with E-state index >= 15 is 0 Å². The van der Waals surface area contributed by atoms with E-state index in [1.807, 2.05) is 13.8 Å². The van der Waals surface area contributed by atoms with E-state index in [-0.39, 0.29) is 29.6 Å². The van der Waals surface area contributed by atoms with Gasteiger partial charge < -0.3 is 29.0 Å². The van der Waals surface area contributed by atoms with E-state index in [0.29, 0.717) is 13.0 Å². The normalized spacial score (nSPS) is 37.2. The first-order chi connectivity index (χ1) is 15.1. The van der Waals surface area contributed by atoms with Gasteiger partial charge in [0, 0.05) is 7.11 Å². The van der Waals surface area contributed by atoms with Crippen LogP contribution in [-0.2, 0) is 28.5 Å². The fraction of sp³-hybridized carbons (Fsp3) is 0.833. The van der Waals surface area contributed by atoms with Gasteiger partial charge >= 0.3 is 12.1 Å². The van der Waals surface area contributed by atoms with Crippen LogP contribution in [0, 0.1) is 11.8 Å². The molecule has 1 N–H and O–H groups in total. The minimum atomic E-state index is -0.756. The molecule has 0 aromatic heterocycles. The lowest BCUT2D eigenvalue weighted by molar-refractivity contribution is -0.144. The van der Waals surface area contributed by atoms with Crippen LogP contribution in [0.1, 0.15) is 60.3 Å². The summed E-state index contributed by atoms with van der Waals surface area (Å²) in [4.78, 5) is 24.9. The molecule has 8 atom stereocenters. The minimum Gasteiger partial charge on any atom is -0.467 e. The van der Waals surface area contributed by atoms with E-state index in [9.17, 15) is 9.59 Å². The van der Waals surface area contributed by atoms with E-state index in [0.717, 1.165) is 19.3 Å². The Morgan fingerprint density at radius 2 is 1.97 bits per heavy atom. The maximum Gasteiger partial charge on any atom is 0.408 e. The monoisotopic (exact) mass is 453 g/mol. The van der Waals surface area contributed by atoms with E-state index in [1.165, 1.54) is 12.7 Å². The first kappa shape index (κ1) is 25.0. The number of epoxide rings is 2. The summed E-state index contributed by atoms with van der Waals surface area (Å²) in [6.07, 6.45) is 3.77. The van der Waals surface area contributed by atoms with Crippen LogP contribution in [0.4, 0.5) is 4.79 Å². The highest BCUT2D eigenvalue weighted by atomic mass is 16.6. The molecule has 32 heavy (non-hydrogen) atoms.